The molecule has 0 fully saturated rings. The topological polar surface area (TPSA) is 20.2 Å². The largest absolute Gasteiger partial charge is 0.384 e. The first-order valence-corrected chi connectivity index (χ1v) is 4.18. The Kier molecular flexibility index (Phi) is 3.20. The van der Waals surface area contributed by atoms with Gasteiger partial charge in [0.25, 0.3) is 0 Å². The summed E-state index contributed by atoms with van der Waals surface area (Å²) in [5, 5.41) is 9.57. The predicted molar refractivity (Wildman–Crippen MR) is 50.8 cm³/mol. The first kappa shape index (κ1) is 9.93. The van der Waals surface area contributed by atoms with E-state index in [2.05, 4.69) is 0 Å². The maximum Gasteiger partial charge on any atom is 0.123 e. The lowest BCUT2D eigenvalue weighted by Crippen LogP contribution is -1.94. The molecule has 70 valence electrons. The van der Waals surface area contributed by atoms with Crippen molar-refractivity contribution in [1.82, 2.24) is 0 Å². The van der Waals surface area contributed by atoms with Crippen molar-refractivity contribution in [3.05, 3.63) is 47.3 Å². The van der Waals surface area contributed by atoms with E-state index >= 15 is 0 Å². The summed E-state index contributed by atoms with van der Waals surface area (Å²) in [6.45, 7) is 3.78. The summed E-state index contributed by atoms with van der Waals surface area (Å²) in [5.74, 6) is -0.321. The lowest BCUT2D eigenvalue weighted by molar-refractivity contribution is 0.227. The summed E-state index contributed by atoms with van der Waals surface area (Å²) < 4.78 is 12.7. The minimum absolute atomic E-state index is 0.321. The molecule has 1 N–H and O–H groups in total. The fourth-order valence-electron chi connectivity index (χ4n) is 1.10. The first-order chi connectivity index (χ1) is 6.09. The first-order valence-electron chi connectivity index (χ1n) is 4.18. The van der Waals surface area contributed by atoms with Crippen LogP contribution in [0.5, 0.6) is 0 Å². The molecule has 0 amide bonds. The van der Waals surface area contributed by atoms with Crippen LogP contribution in [0.4, 0.5) is 4.39 Å². The quantitative estimate of drug-likeness (QED) is 0.694. The zero-order valence-electron chi connectivity index (χ0n) is 7.79. The van der Waals surface area contributed by atoms with Crippen molar-refractivity contribution in [3.8, 4) is 0 Å². The van der Waals surface area contributed by atoms with Crippen molar-refractivity contribution in [3.63, 3.8) is 0 Å². The number of rotatable bonds is 2. The van der Waals surface area contributed by atoms with Gasteiger partial charge in [0.15, 0.2) is 0 Å². The lowest BCUT2D eigenvalue weighted by Gasteiger charge is -2.06. The van der Waals surface area contributed by atoms with Crippen LogP contribution in [0.1, 0.15) is 25.5 Å². The zero-order valence-corrected chi connectivity index (χ0v) is 7.79. The van der Waals surface area contributed by atoms with E-state index in [1.165, 1.54) is 12.1 Å². The number of hydrogen-bond donors (Lipinski definition) is 1. The number of halogens is 1. The van der Waals surface area contributed by atoms with Gasteiger partial charge in [0, 0.05) is 0 Å². The summed E-state index contributed by atoms with van der Waals surface area (Å²) in [6, 6.07) is 5.99. The molecule has 2 heteroatoms. The molecular weight excluding hydrogens is 167 g/mol. The second-order valence-electron chi connectivity index (χ2n) is 3.24. The van der Waals surface area contributed by atoms with Gasteiger partial charge >= 0.3 is 0 Å². The Morgan fingerprint density at radius 3 is 2.69 bits per heavy atom. The van der Waals surface area contributed by atoms with Gasteiger partial charge in [-0.1, -0.05) is 23.8 Å². The summed E-state index contributed by atoms with van der Waals surface area (Å²) in [7, 11) is 0. The Balaban J connectivity index is 2.89. The average molecular weight is 180 g/mol. The monoisotopic (exact) mass is 180 g/mol. The third-order valence-electron chi connectivity index (χ3n) is 1.68. The van der Waals surface area contributed by atoms with Gasteiger partial charge in [0.05, 0.1) is 6.10 Å². The van der Waals surface area contributed by atoms with Crippen LogP contribution in [0, 0.1) is 5.82 Å². The molecule has 0 aliphatic rings. The molecular formula is C11H13FO. The zero-order chi connectivity index (χ0) is 9.84. The van der Waals surface area contributed by atoms with Crippen molar-refractivity contribution in [2.45, 2.75) is 20.0 Å². The molecule has 0 spiro atoms. The Hall–Kier alpha value is -1.15. The maximum absolute atomic E-state index is 12.7. The van der Waals surface area contributed by atoms with Crippen LogP contribution in [0.15, 0.2) is 35.9 Å². The fourth-order valence-corrected chi connectivity index (χ4v) is 1.10. The van der Waals surface area contributed by atoms with Crippen LogP contribution in [0.25, 0.3) is 0 Å². The summed E-state index contributed by atoms with van der Waals surface area (Å²) >= 11 is 0. The van der Waals surface area contributed by atoms with E-state index in [9.17, 15) is 9.50 Å². The van der Waals surface area contributed by atoms with Crippen molar-refractivity contribution in [2.24, 2.45) is 0 Å². The Bertz CT molecular complexity index is 314. The minimum atomic E-state index is -0.708. The Morgan fingerprint density at radius 1 is 1.46 bits per heavy atom. The van der Waals surface area contributed by atoms with Gasteiger partial charge in [-0.3, -0.25) is 0 Å². The van der Waals surface area contributed by atoms with Gasteiger partial charge in [-0.05, 0) is 31.5 Å². The van der Waals surface area contributed by atoms with Crippen molar-refractivity contribution in [1.29, 1.82) is 0 Å². The van der Waals surface area contributed by atoms with E-state index in [4.69, 9.17) is 0 Å². The highest BCUT2D eigenvalue weighted by molar-refractivity contribution is 5.22. The van der Waals surface area contributed by atoms with Crippen LogP contribution in [0.2, 0.25) is 0 Å². The van der Waals surface area contributed by atoms with Crippen LogP contribution in [-0.4, -0.2) is 5.11 Å². The number of hydrogen-bond acceptors (Lipinski definition) is 1. The van der Waals surface area contributed by atoms with Crippen LogP contribution in [-0.2, 0) is 0 Å². The van der Waals surface area contributed by atoms with Crippen molar-refractivity contribution in [2.75, 3.05) is 0 Å². The number of allylic oxidation sites excluding steroid dienone is 1. The molecule has 1 atom stereocenters. The van der Waals surface area contributed by atoms with E-state index in [1.807, 2.05) is 13.8 Å². The molecule has 1 aromatic carbocycles. The smallest absolute Gasteiger partial charge is 0.123 e. The summed E-state index contributed by atoms with van der Waals surface area (Å²) in [5.41, 5.74) is 1.60. The second-order valence-corrected chi connectivity index (χ2v) is 3.24. The highest BCUT2D eigenvalue weighted by atomic mass is 19.1. The molecule has 0 saturated carbocycles. The molecule has 0 bridgehead atoms. The summed E-state index contributed by atoms with van der Waals surface area (Å²) in [6.07, 6.45) is 0.982. The van der Waals surface area contributed by atoms with E-state index in [0.29, 0.717) is 5.56 Å². The van der Waals surface area contributed by atoms with E-state index in [-0.39, 0.29) is 5.82 Å². The Labute approximate surface area is 77.5 Å². The van der Waals surface area contributed by atoms with Gasteiger partial charge in [-0.25, -0.2) is 4.39 Å². The van der Waals surface area contributed by atoms with Gasteiger partial charge in [-0.15, -0.1) is 0 Å². The third-order valence-corrected chi connectivity index (χ3v) is 1.68. The molecule has 1 nitrogen and oxygen atoms in total. The molecule has 0 radical (unpaired) electrons. The normalized spacial score (nSPS) is 12.3. The number of aliphatic hydroxyl groups excluding tert-OH is 1. The van der Waals surface area contributed by atoms with Crippen LogP contribution < -0.4 is 0 Å². The third kappa shape index (κ3) is 2.99. The molecule has 0 aromatic heterocycles. The fraction of sp³-hybridized carbons (Fsp3) is 0.273. The lowest BCUT2D eigenvalue weighted by atomic mass is 10.1. The standard InChI is InChI=1S/C11H13FO/c1-8(2)6-11(13)9-4-3-5-10(12)7-9/h3-7,11,13H,1-2H3. The van der Waals surface area contributed by atoms with Gasteiger partial charge in [0.1, 0.15) is 5.82 Å². The molecule has 0 aliphatic heterocycles. The molecule has 1 rings (SSSR count). The van der Waals surface area contributed by atoms with Gasteiger partial charge in [0.2, 0.25) is 0 Å². The van der Waals surface area contributed by atoms with Crippen molar-refractivity contribution < 1.29 is 9.50 Å². The second kappa shape index (κ2) is 4.19. The highest BCUT2D eigenvalue weighted by Crippen LogP contribution is 2.16. The predicted octanol–water partition coefficient (Wildman–Crippen LogP) is 2.83. The molecule has 0 saturated heterocycles. The number of aliphatic hydroxyl groups is 1. The summed E-state index contributed by atoms with van der Waals surface area (Å²) in [4.78, 5) is 0. The molecule has 13 heavy (non-hydrogen) atoms. The molecule has 1 aromatic rings. The molecule has 0 heterocycles. The molecule has 0 aliphatic carbocycles. The van der Waals surface area contributed by atoms with E-state index in [0.717, 1.165) is 5.57 Å². The number of benzene rings is 1. The minimum Gasteiger partial charge on any atom is -0.384 e. The van der Waals surface area contributed by atoms with E-state index < -0.39 is 6.10 Å². The van der Waals surface area contributed by atoms with Crippen LogP contribution >= 0.6 is 0 Å². The van der Waals surface area contributed by atoms with Gasteiger partial charge < -0.3 is 5.11 Å². The van der Waals surface area contributed by atoms with Crippen molar-refractivity contribution >= 4 is 0 Å². The van der Waals surface area contributed by atoms with Gasteiger partial charge in [-0.2, -0.15) is 0 Å². The SMILES string of the molecule is CC(C)=CC(O)c1cccc(F)c1. The van der Waals surface area contributed by atoms with E-state index in [1.54, 1.807) is 18.2 Å². The molecule has 1 unspecified atom stereocenters. The highest BCUT2D eigenvalue weighted by Gasteiger charge is 2.03. The Morgan fingerprint density at radius 2 is 2.15 bits per heavy atom. The van der Waals surface area contributed by atoms with Crippen LogP contribution in [0.3, 0.4) is 0 Å². The average Bonchev–Trinajstić information content (AvgIpc) is 2.03. The maximum atomic E-state index is 12.7.